The Balaban J connectivity index is 1.41. The molecule has 6 nitrogen and oxygen atoms in total. The van der Waals surface area contributed by atoms with Crippen LogP contribution in [0.1, 0.15) is 64.2 Å². The highest BCUT2D eigenvalue weighted by Crippen LogP contribution is 2.29. The number of methoxy groups -OCH3 is 1. The largest absolute Gasteiger partial charge is 0.480 e. The number of carbonyl (C=O) groups is 2. The molecule has 0 aliphatic heterocycles. The molecule has 0 radical (unpaired) electrons. The molecule has 27 heavy (non-hydrogen) atoms. The molecule has 1 heterocycles. The van der Waals surface area contributed by atoms with Gasteiger partial charge >= 0.3 is 0 Å². The molecule has 0 aromatic carbocycles. The number of amides is 2. The zero-order valence-electron chi connectivity index (χ0n) is 16.2. The average Bonchev–Trinajstić information content (AvgIpc) is 2.69. The van der Waals surface area contributed by atoms with Gasteiger partial charge in [-0.2, -0.15) is 0 Å². The molecule has 6 heteroatoms. The van der Waals surface area contributed by atoms with Crippen LogP contribution in [0.25, 0.3) is 0 Å². The lowest BCUT2D eigenvalue weighted by Crippen LogP contribution is -2.40. The van der Waals surface area contributed by atoms with Gasteiger partial charge in [-0.1, -0.05) is 19.3 Å². The number of aromatic nitrogens is 1. The molecule has 0 spiro atoms. The van der Waals surface area contributed by atoms with E-state index in [-0.39, 0.29) is 23.8 Å². The van der Waals surface area contributed by atoms with E-state index in [1.165, 1.54) is 32.1 Å². The normalized spacial score (nSPS) is 23.4. The molecule has 0 bridgehead atoms. The Bertz CT molecular complexity index is 635. The van der Waals surface area contributed by atoms with Gasteiger partial charge in [-0.05, 0) is 56.6 Å². The van der Waals surface area contributed by atoms with Crippen molar-refractivity contribution in [2.45, 2.75) is 70.3 Å². The third kappa shape index (κ3) is 5.68. The van der Waals surface area contributed by atoms with Crippen molar-refractivity contribution in [3.8, 4) is 5.88 Å². The molecule has 2 fully saturated rings. The molecule has 1 aromatic heterocycles. The number of hydrogen-bond acceptors (Lipinski definition) is 4. The molecule has 2 aliphatic rings. The van der Waals surface area contributed by atoms with Gasteiger partial charge < -0.3 is 15.4 Å². The fraction of sp³-hybridized carbons (Fsp3) is 0.667. The van der Waals surface area contributed by atoms with Crippen LogP contribution in [0, 0.1) is 11.8 Å². The summed E-state index contributed by atoms with van der Waals surface area (Å²) in [5, 5.41) is 6.12. The lowest BCUT2D eigenvalue weighted by Gasteiger charge is -2.29. The van der Waals surface area contributed by atoms with Crippen LogP contribution >= 0.6 is 0 Å². The van der Waals surface area contributed by atoms with Crippen molar-refractivity contribution in [2.75, 3.05) is 12.4 Å². The summed E-state index contributed by atoms with van der Waals surface area (Å²) < 4.78 is 5.18. The van der Waals surface area contributed by atoms with Crippen molar-refractivity contribution in [2.24, 2.45) is 11.8 Å². The predicted octanol–water partition coefficient (Wildman–Crippen LogP) is 3.67. The summed E-state index contributed by atoms with van der Waals surface area (Å²) in [6, 6.07) is 3.77. The monoisotopic (exact) mass is 373 g/mol. The Morgan fingerprint density at radius 2 is 1.85 bits per heavy atom. The van der Waals surface area contributed by atoms with Crippen LogP contribution in [0.15, 0.2) is 18.3 Å². The number of ether oxygens (including phenoxy) is 1. The Morgan fingerprint density at radius 3 is 2.56 bits per heavy atom. The topological polar surface area (TPSA) is 80.3 Å². The van der Waals surface area contributed by atoms with E-state index in [9.17, 15) is 9.59 Å². The molecule has 0 saturated heterocycles. The minimum atomic E-state index is -0.0265. The van der Waals surface area contributed by atoms with E-state index in [1.807, 2.05) is 0 Å². The molecule has 2 amide bonds. The van der Waals surface area contributed by atoms with Crippen LogP contribution in [0.2, 0.25) is 0 Å². The van der Waals surface area contributed by atoms with Crippen LogP contribution in [0.5, 0.6) is 5.88 Å². The quantitative estimate of drug-likeness (QED) is 0.797. The zero-order valence-corrected chi connectivity index (χ0v) is 16.2. The van der Waals surface area contributed by atoms with E-state index >= 15 is 0 Å². The maximum Gasteiger partial charge on any atom is 0.237 e. The number of hydrogen-bond donors (Lipinski definition) is 2. The van der Waals surface area contributed by atoms with Gasteiger partial charge in [-0.3, -0.25) is 9.59 Å². The van der Waals surface area contributed by atoms with Gasteiger partial charge in [0.1, 0.15) is 5.69 Å². The number of rotatable bonds is 6. The summed E-state index contributed by atoms with van der Waals surface area (Å²) in [4.78, 5) is 28.9. The van der Waals surface area contributed by atoms with Crippen LogP contribution in [-0.4, -0.2) is 29.9 Å². The summed E-state index contributed by atoms with van der Waals surface area (Å²) in [6.07, 6.45) is 11.8. The second-order valence-electron chi connectivity index (χ2n) is 7.87. The summed E-state index contributed by atoms with van der Waals surface area (Å²) in [5.41, 5.74) is 0.605. The molecule has 0 unspecified atom stereocenters. The maximum absolute atomic E-state index is 12.5. The Hall–Kier alpha value is -2.11. The van der Waals surface area contributed by atoms with Gasteiger partial charge in [-0.25, -0.2) is 4.98 Å². The number of nitrogens with one attached hydrogen (secondary N) is 2. The van der Waals surface area contributed by atoms with E-state index in [4.69, 9.17) is 4.74 Å². The molecule has 2 aliphatic carbocycles. The summed E-state index contributed by atoms with van der Waals surface area (Å²) in [7, 11) is 1.54. The molecule has 2 saturated carbocycles. The summed E-state index contributed by atoms with van der Waals surface area (Å²) in [6.45, 7) is 0. The fourth-order valence-electron chi connectivity index (χ4n) is 4.32. The van der Waals surface area contributed by atoms with Gasteiger partial charge in [-0.15, -0.1) is 0 Å². The molecular formula is C21H31N3O3. The minimum absolute atomic E-state index is 0.00767. The first-order valence-corrected chi connectivity index (χ1v) is 10.2. The third-order valence-electron chi connectivity index (χ3n) is 5.88. The van der Waals surface area contributed by atoms with Crippen molar-refractivity contribution >= 4 is 17.5 Å². The summed E-state index contributed by atoms with van der Waals surface area (Å²) in [5.74, 6) is 1.16. The van der Waals surface area contributed by atoms with Crippen molar-refractivity contribution in [1.29, 1.82) is 0 Å². The lowest BCUT2D eigenvalue weighted by molar-refractivity contribution is -0.123. The molecule has 0 atom stereocenters. The first-order valence-electron chi connectivity index (χ1n) is 10.2. The second kappa shape index (κ2) is 9.72. The molecule has 1 aromatic rings. The lowest BCUT2D eigenvalue weighted by atomic mass is 9.84. The first kappa shape index (κ1) is 19.6. The Labute approximate surface area is 161 Å². The smallest absolute Gasteiger partial charge is 0.237 e. The maximum atomic E-state index is 12.5. The predicted molar refractivity (Wildman–Crippen MR) is 104 cm³/mol. The molecule has 148 valence electrons. The van der Waals surface area contributed by atoms with Gasteiger partial charge in [0.05, 0.1) is 7.11 Å². The minimum Gasteiger partial charge on any atom is -0.480 e. The highest BCUT2D eigenvalue weighted by Gasteiger charge is 2.28. The van der Waals surface area contributed by atoms with Crippen molar-refractivity contribution in [1.82, 2.24) is 10.3 Å². The van der Waals surface area contributed by atoms with Crippen LogP contribution in [-0.2, 0) is 9.59 Å². The van der Waals surface area contributed by atoms with E-state index in [0.29, 0.717) is 23.9 Å². The van der Waals surface area contributed by atoms with Crippen LogP contribution in [0.4, 0.5) is 5.69 Å². The summed E-state index contributed by atoms with van der Waals surface area (Å²) >= 11 is 0. The zero-order chi connectivity index (χ0) is 19.1. The number of pyridine rings is 1. The van der Waals surface area contributed by atoms with Gasteiger partial charge in [0, 0.05) is 24.6 Å². The van der Waals surface area contributed by atoms with E-state index in [2.05, 4.69) is 15.6 Å². The van der Waals surface area contributed by atoms with E-state index < -0.39 is 0 Å². The number of carbonyl (C=O) groups excluding carboxylic acids is 2. The van der Waals surface area contributed by atoms with Crippen molar-refractivity contribution < 1.29 is 14.3 Å². The Kier molecular flexibility index (Phi) is 7.07. The van der Waals surface area contributed by atoms with Crippen molar-refractivity contribution in [3.05, 3.63) is 18.3 Å². The van der Waals surface area contributed by atoms with Crippen molar-refractivity contribution in [3.63, 3.8) is 0 Å². The first-order chi connectivity index (χ1) is 13.2. The number of anilines is 1. The number of nitrogens with zero attached hydrogens (tertiary/aromatic N) is 1. The highest BCUT2D eigenvalue weighted by atomic mass is 16.5. The van der Waals surface area contributed by atoms with Gasteiger partial charge in [0.15, 0.2) is 0 Å². The molecule has 3 rings (SSSR count). The van der Waals surface area contributed by atoms with Gasteiger partial charge in [0.25, 0.3) is 0 Å². The second-order valence-corrected chi connectivity index (χ2v) is 7.87. The average molecular weight is 373 g/mol. The third-order valence-corrected chi connectivity index (χ3v) is 5.88. The standard InChI is InChI=1S/C21H31N3O3/c1-27-21-18(8-5-13-22-21)24-20(26)16-9-11-17(12-10-16)23-19(25)14-15-6-3-2-4-7-15/h5,8,13,15-17H,2-4,6-7,9-12,14H2,1H3,(H,23,25)(H,24,26). The fourth-order valence-corrected chi connectivity index (χ4v) is 4.32. The van der Waals surface area contributed by atoms with Crippen LogP contribution in [0.3, 0.4) is 0 Å². The Morgan fingerprint density at radius 1 is 1.11 bits per heavy atom. The van der Waals surface area contributed by atoms with E-state index in [1.54, 1.807) is 25.4 Å². The van der Waals surface area contributed by atoms with E-state index in [0.717, 1.165) is 25.7 Å². The molecular weight excluding hydrogens is 342 g/mol. The van der Waals surface area contributed by atoms with Gasteiger partial charge in [0.2, 0.25) is 17.7 Å². The highest BCUT2D eigenvalue weighted by molar-refractivity contribution is 5.93. The van der Waals surface area contributed by atoms with Crippen LogP contribution < -0.4 is 15.4 Å². The SMILES string of the molecule is COc1ncccc1NC(=O)C1CCC(NC(=O)CC2CCCCC2)CC1. The molecule has 2 N–H and O–H groups in total.